The number of carbonyl (C=O) groups excluding carboxylic acids is 2. The molecule has 0 aromatic heterocycles. The van der Waals surface area contributed by atoms with Crippen molar-refractivity contribution in [1.82, 2.24) is 5.32 Å². The smallest absolute Gasteiger partial charge is 0.346 e. The van der Waals surface area contributed by atoms with E-state index >= 15 is 0 Å². The van der Waals surface area contributed by atoms with Crippen molar-refractivity contribution >= 4 is 11.9 Å². The number of benzene rings is 2. The lowest BCUT2D eigenvalue weighted by molar-refractivity contribution is -0.130. The summed E-state index contributed by atoms with van der Waals surface area (Å²) < 4.78 is 15.9. The molecule has 0 fully saturated rings. The van der Waals surface area contributed by atoms with Gasteiger partial charge < -0.3 is 19.5 Å². The molecule has 1 amide bonds. The van der Waals surface area contributed by atoms with Crippen LogP contribution in [0.3, 0.4) is 0 Å². The third-order valence-corrected chi connectivity index (χ3v) is 4.97. The number of rotatable bonds is 6. The summed E-state index contributed by atoms with van der Waals surface area (Å²) in [4.78, 5) is 25.3. The van der Waals surface area contributed by atoms with E-state index in [1.807, 2.05) is 18.2 Å². The predicted molar refractivity (Wildman–Crippen MR) is 105 cm³/mol. The van der Waals surface area contributed by atoms with Crippen molar-refractivity contribution < 1.29 is 23.8 Å². The van der Waals surface area contributed by atoms with Gasteiger partial charge in [-0.25, -0.2) is 4.79 Å². The van der Waals surface area contributed by atoms with Gasteiger partial charge in [0.25, 0.3) is 5.91 Å². The van der Waals surface area contributed by atoms with Crippen molar-refractivity contribution in [3.63, 3.8) is 0 Å². The monoisotopic (exact) mass is 383 g/mol. The Labute approximate surface area is 164 Å². The quantitative estimate of drug-likeness (QED) is 0.774. The molecule has 6 heteroatoms. The molecule has 1 N–H and O–H groups in total. The summed E-state index contributed by atoms with van der Waals surface area (Å²) in [7, 11) is 2.92. The van der Waals surface area contributed by atoms with Crippen LogP contribution in [-0.2, 0) is 16.0 Å². The Bertz CT molecular complexity index is 842. The number of nitrogens with one attached hydrogen (secondary N) is 1. The van der Waals surface area contributed by atoms with Crippen molar-refractivity contribution in [2.75, 3.05) is 14.2 Å². The number of ether oxygens (including phenoxy) is 3. The van der Waals surface area contributed by atoms with Crippen LogP contribution in [0.1, 0.15) is 47.3 Å². The Balaban J connectivity index is 1.70. The fourth-order valence-corrected chi connectivity index (χ4v) is 3.52. The molecule has 0 aliphatic heterocycles. The average Bonchev–Trinajstić information content (AvgIpc) is 2.73. The second kappa shape index (κ2) is 8.78. The zero-order chi connectivity index (χ0) is 20.1. The fraction of sp³-hybridized carbons (Fsp3) is 0.364. The zero-order valence-electron chi connectivity index (χ0n) is 16.4. The minimum Gasteiger partial charge on any atom is -0.496 e. The van der Waals surface area contributed by atoms with E-state index in [4.69, 9.17) is 14.2 Å². The van der Waals surface area contributed by atoms with Gasteiger partial charge in [-0.15, -0.1) is 0 Å². The first-order chi connectivity index (χ1) is 13.5. The first-order valence-corrected chi connectivity index (χ1v) is 9.35. The molecule has 2 atom stereocenters. The molecule has 3 rings (SSSR count). The van der Waals surface area contributed by atoms with Gasteiger partial charge in [-0.2, -0.15) is 0 Å². The van der Waals surface area contributed by atoms with Gasteiger partial charge in [-0.1, -0.05) is 30.3 Å². The lowest BCUT2D eigenvalue weighted by Gasteiger charge is -2.27. The van der Waals surface area contributed by atoms with Crippen molar-refractivity contribution in [2.45, 2.75) is 38.3 Å². The highest BCUT2D eigenvalue weighted by atomic mass is 16.6. The lowest BCUT2D eigenvalue weighted by atomic mass is 9.87. The maximum Gasteiger partial charge on any atom is 0.346 e. The Morgan fingerprint density at radius 3 is 2.39 bits per heavy atom. The number of esters is 1. The van der Waals surface area contributed by atoms with Gasteiger partial charge in [0.1, 0.15) is 17.1 Å². The van der Waals surface area contributed by atoms with Gasteiger partial charge in [0.2, 0.25) is 0 Å². The normalized spacial score (nSPS) is 16.5. The minimum atomic E-state index is -0.948. The Morgan fingerprint density at radius 1 is 1.04 bits per heavy atom. The molecule has 0 saturated carbocycles. The van der Waals surface area contributed by atoms with E-state index < -0.39 is 12.1 Å². The number of hydrogen-bond donors (Lipinski definition) is 1. The third-order valence-electron chi connectivity index (χ3n) is 4.97. The van der Waals surface area contributed by atoms with E-state index in [2.05, 4.69) is 11.4 Å². The van der Waals surface area contributed by atoms with E-state index in [1.165, 1.54) is 19.8 Å². The summed E-state index contributed by atoms with van der Waals surface area (Å²) in [5, 5.41) is 3.01. The van der Waals surface area contributed by atoms with Gasteiger partial charge in [-0.3, -0.25) is 4.79 Å². The molecule has 1 aliphatic carbocycles. The van der Waals surface area contributed by atoms with Crippen LogP contribution in [0.2, 0.25) is 0 Å². The van der Waals surface area contributed by atoms with Crippen LogP contribution in [0.5, 0.6) is 11.5 Å². The Hall–Kier alpha value is -3.02. The average molecular weight is 383 g/mol. The maximum atomic E-state index is 12.6. The van der Waals surface area contributed by atoms with Gasteiger partial charge in [0, 0.05) is 0 Å². The number of carbonyl (C=O) groups is 2. The predicted octanol–water partition coefficient (Wildman–Crippen LogP) is 3.44. The van der Waals surface area contributed by atoms with Crippen LogP contribution in [0.15, 0.2) is 42.5 Å². The molecule has 0 radical (unpaired) electrons. The first kappa shape index (κ1) is 19.7. The molecule has 6 nitrogen and oxygen atoms in total. The minimum absolute atomic E-state index is 0.0700. The molecule has 1 aliphatic rings. The number of aryl methyl sites for hydroxylation is 1. The number of methoxy groups -OCH3 is 2. The molecule has 2 aromatic carbocycles. The molecular weight excluding hydrogens is 358 g/mol. The second-order valence-corrected chi connectivity index (χ2v) is 6.74. The van der Waals surface area contributed by atoms with Crippen molar-refractivity contribution in [3.8, 4) is 11.5 Å². The highest BCUT2D eigenvalue weighted by molar-refractivity contribution is 5.97. The van der Waals surface area contributed by atoms with Gasteiger partial charge in [0.15, 0.2) is 6.10 Å². The van der Waals surface area contributed by atoms with E-state index in [0.717, 1.165) is 24.8 Å². The van der Waals surface area contributed by atoms with E-state index in [-0.39, 0.29) is 17.5 Å². The molecule has 0 bridgehead atoms. The SMILES string of the molecule is COc1cccc(OC)c1C(=O)O[C@@H](C)C(=O)N[C@H]1CCCc2ccccc21. The highest BCUT2D eigenvalue weighted by Gasteiger charge is 2.27. The summed E-state index contributed by atoms with van der Waals surface area (Å²) in [6.45, 7) is 1.56. The summed E-state index contributed by atoms with van der Waals surface area (Å²) in [5.74, 6) is -0.332. The van der Waals surface area contributed by atoms with Gasteiger partial charge >= 0.3 is 5.97 Å². The van der Waals surface area contributed by atoms with Crippen LogP contribution >= 0.6 is 0 Å². The van der Waals surface area contributed by atoms with Crippen LogP contribution < -0.4 is 14.8 Å². The second-order valence-electron chi connectivity index (χ2n) is 6.74. The maximum absolute atomic E-state index is 12.6. The summed E-state index contributed by atoms with van der Waals surface area (Å²) >= 11 is 0. The van der Waals surface area contributed by atoms with E-state index in [9.17, 15) is 9.59 Å². The largest absolute Gasteiger partial charge is 0.496 e. The van der Waals surface area contributed by atoms with Gasteiger partial charge in [0.05, 0.1) is 20.3 Å². The molecule has 2 aromatic rings. The molecular formula is C22H25NO5. The third kappa shape index (κ3) is 4.11. The number of fused-ring (bicyclic) bond motifs is 1. The number of amides is 1. The topological polar surface area (TPSA) is 73.9 Å². The first-order valence-electron chi connectivity index (χ1n) is 9.35. The number of hydrogen-bond acceptors (Lipinski definition) is 5. The molecule has 28 heavy (non-hydrogen) atoms. The highest BCUT2D eigenvalue weighted by Crippen LogP contribution is 2.31. The van der Waals surface area contributed by atoms with E-state index in [1.54, 1.807) is 25.1 Å². The Kier molecular flexibility index (Phi) is 6.19. The summed E-state index contributed by atoms with van der Waals surface area (Å²) in [6, 6.07) is 13.0. The Morgan fingerprint density at radius 2 is 1.71 bits per heavy atom. The van der Waals surface area contributed by atoms with Crippen molar-refractivity contribution in [2.24, 2.45) is 0 Å². The van der Waals surface area contributed by atoms with Crippen molar-refractivity contribution in [1.29, 1.82) is 0 Å². The molecule has 0 saturated heterocycles. The standard InChI is InChI=1S/C22H25NO5/c1-14(28-22(25)20-18(26-2)12-7-13-19(20)27-3)21(24)23-17-11-6-9-15-8-4-5-10-16(15)17/h4-5,7-8,10,12-14,17H,6,9,11H2,1-3H3,(H,23,24)/t14-,17-/m0/s1. The fourth-order valence-electron chi connectivity index (χ4n) is 3.52. The van der Waals surface area contributed by atoms with E-state index in [0.29, 0.717) is 11.5 Å². The van der Waals surface area contributed by atoms with Crippen LogP contribution in [0, 0.1) is 0 Å². The summed E-state index contributed by atoms with van der Waals surface area (Å²) in [6.07, 6.45) is 1.94. The zero-order valence-corrected chi connectivity index (χ0v) is 16.4. The van der Waals surface area contributed by atoms with Crippen molar-refractivity contribution in [3.05, 3.63) is 59.2 Å². The molecule has 0 heterocycles. The van der Waals surface area contributed by atoms with Gasteiger partial charge in [-0.05, 0) is 49.4 Å². The van der Waals surface area contributed by atoms with Crippen LogP contribution in [0.4, 0.5) is 0 Å². The van der Waals surface area contributed by atoms with Crippen LogP contribution in [0.25, 0.3) is 0 Å². The lowest BCUT2D eigenvalue weighted by Crippen LogP contribution is -2.39. The molecule has 0 unspecified atom stereocenters. The molecule has 0 spiro atoms. The van der Waals surface area contributed by atoms with Crippen LogP contribution in [-0.4, -0.2) is 32.2 Å². The summed E-state index contributed by atoms with van der Waals surface area (Å²) in [5.41, 5.74) is 2.55. The molecule has 148 valence electrons.